The maximum atomic E-state index is 12.8. The smallest absolute Gasteiger partial charge is 0.361 e. The van der Waals surface area contributed by atoms with Crippen LogP contribution in [-0.2, 0) is 0 Å². The number of aryl methyl sites for hydroxylation is 2. The molecule has 1 nitrogen and oxygen atoms in total. The maximum Gasteiger partial charge on any atom is 0.417 e. The summed E-state index contributed by atoms with van der Waals surface area (Å²) in [7, 11) is 0. The number of nitrogens with one attached hydrogen (secondary N) is 1. The number of benzene rings is 1. The lowest BCUT2D eigenvalue weighted by atomic mass is 10.1. The molecular weight excluding hydrogens is 263 g/mol. The van der Waals surface area contributed by atoms with Crippen molar-refractivity contribution in [3.8, 4) is 0 Å². The van der Waals surface area contributed by atoms with Crippen molar-refractivity contribution < 1.29 is 13.2 Å². The Morgan fingerprint density at radius 1 is 1.10 bits per heavy atom. The van der Waals surface area contributed by atoms with E-state index in [1.807, 2.05) is 26.0 Å². The van der Waals surface area contributed by atoms with E-state index in [0.717, 1.165) is 23.4 Å². The van der Waals surface area contributed by atoms with E-state index in [4.69, 9.17) is 0 Å². The van der Waals surface area contributed by atoms with Crippen LogP contribution in [0.5, 0.6) is 0 Å². The van der Waals surface area contributed by atoms with E-state index in [-0.39, 0.29) is 0 Å². The normalized spacial score (nSPS) is 13.4. The average molecular weight is 281 g/mol. The number of hydrogen-bond donors (Lipinski definition) is 1. The summed E-state index contributed by atoms with van der Waals surface area (Å²) in [6.45, 7) is 5.62. The first-order chi connectivity index (χ1) is 9.34. The Labute approximate surface area is 117 Å². The van der Waals surface area contributed by atoms with Crippen LogP contribution in [-0.4, -0.2) is 6.18 Å². The van der Waals surface area contributed by atoms with Crippen molar-refractivity contribution in [2.45, 2.75) is 26.9 Å². The van der Waals surface area contributed by atoms with Gasteiger partial charge >= 0.3 is 6.18 Å². The summed E-state index contributed by atoms with van der Waals surface area (Å²) in [5.41, 5.74) is 2.04. The van der Waals surface area contributed by atoms with Gasteiger partial charge in [0, 0.05) is 11.9 Å². The molecule has 20 heavy (non-hydrogen) atoms. The molecule has 1 aromatic carbocycles. The average Bonchev–Trinajstić information content (AvgIpc) is 2.36. The molecule has 0 heterocycles. The minimum Gasteiger partial charge on any atom is -0.361 e. The topological polar surface area (TPSA) is 12.0 Å². The van der Waals surface area contributed by atoms with Gasteiger partial charge in [-0.1, -0.05) is 24.3 Å². The Morgan fingerprint density at radius 2 is 1.80 bits per heavy atom. The molecule has 0 fully saturated rings. The van der Waals surface area contributed by atoms with Crippen molar-refractivity contribution in [1.82, 2.24) is 0 Å². The zero-order valence-corrected chi connectivity index (χ0v) is 11.8. The van der Waals surface area contributed by atoms with Crippen LogP contribution in [0.3, 0.4) is 0 Å². The highest BCUT2D eigenvalue weighted by Gasteiger charge is 2.31. The first-order valence-corrected chi connectivity index (χ1v) is 6.25. The molecule has 4 heteroatoms. The van der Waals surface area contributed by atoms with E-state index in [1.165, 1.54) is 6.08 Å². The highest BCUT2D eigenvalue weighted by atomic mass is 19.4. The van der Waals surface area contributed by atoms with Gasteiger partial charge < -0.3 is 5.32 Å². The summed E-state index contributed by atoms with van der Waals surface area (Å²) < 4.78 is 38.4. The maximum absolute atomic E-state index is 12.8. The molecule has 0 aromatic heterocycles. The molecule has 0 amide bonds. The number of alkyl halides is 3. The van der Waals surface area contributed by atoms with Gasteiger partial charge in [0.2, 0.25) is 0 Å². The first-order valence-electron chi connectivity index (χ1n) is 6.25. The molecule has 0 spiro atoms. The molecule has 108 valence electrons. The second kappa shape index (κ2) is 6.98. The fraction of sp³-hybridized carbons (Fsp3) is 0.250. The lowest BCUT2D eigenvalue weighted by Gasteiger charge is -2.09. The van der Waals surface area contributed by atoms with E-state index < -0.39 is 11.7 Å². The standard InChI is InChI=1S/C16H18F3N/c1-4-5-6-7-14(16(17,18)19)11-20-15-9-8-12(2)13(3)10-15/h4-11,20H,1-3H3/b5-4+,7-6-,14-11+. The molecular formula is C16H18F3N. The Balaban J connectivity index is 2.93. The summed E-state index contributed by atoms with van der Waals surface area (Å²) in [6.07, 6.45) is 2.21. The highest BCUT2D eigenvalue weighted by molar-refractivity contribution is 5.51. The van der Waals surface area contributed by atoms with Gasteiger partial charge in [0.1, 0.15) is 0 Å². The van der Waals surface area contributed by atoms with Crippen LogP contribution in [0, 0.1) is 13.8 Å². The van der Waals surface area contributed by atoms with Gasteiger partial charge in [-0.05, 0) is 50.1 Å². The third kappa shape index (κ3) is 4.96. The molecule has 0 bridgehead atoms. The lowest BCUT2D eigenvalue weighted by Crippen LogP contribution is -2.11. The number of anilines is 1. The molecule has 0 aliphatic heterocycles. The van der Waals surface area contributed by atoms with Crippen LogP contribution in [0.4, 0.5) is 18.9 Å². The fourth-order valence-electron chi connectivity index (χ4n) is 1.49. The van der Waals surface area contributed by atoms with Crippen LogP contribution >= 0.6 is 0 Å². The van der Waals surface area contributed by atoms with E-state index >= 15 is 0 Å². The fourth-order valence-corrected chi connectivity index (χ4v) is 1.49. The highest BCUT2D eigenvalue weighted by Crippen LogP contribution is 2.27. The van der Waals surface area contributed by atoms with Crippen LogP contribution in [0.25, 0.3) is 0 Å². The van der Waals surface area contributed by atoms with Crippen molar-refractivity contribution in [3.63, 3.8) is 0 Å². The van der Waals surface area contributed by atoms with E-state index in [0.29, 0.717) is 5.69 Å². The molecule has 0 saturated carbocycles. The van der Waals surface area contributed by atoms with Crippen LogP contribution in [0.1, 0.15) is 18.1 Å². The molecule has 1 rings (SSSR count). The van der Waals surface area contributed by atoms with Gasteiger partial charge in [-0.15, -0.1) is 0 Å². The number of allylic oxidation sites excluding steroid dienone is 5. The van der Waals surface area contributed by atoms with Crippen LogP contribution < -0.4 is 5.32 Å². The first kappa shape index (κ1) is 16.1. The third-order valence-corrected chi connectivity index (χ3v) is 2.81. The van der Waals surface area contributed by atoms with Gasteiger partial charge in [0.25, 0.3) is 0 Å². The Hall–Kier alpha value is -1.97. The minimum atomic E-state index is -4.38. The van der Waals surface area contributed by atoms with Crippen LogP contribution in [0.2, 0.25) is 0 Å². The Bertz CT molecular complexity index is 537. The number of halogens is 3. The van der Waals surface area contributed by atoms with Crippen molar-refractivity contribution in [2.75, 3.05) is 5.32 Å². The monoisotopic (exact) mass is 281 g/mol. The number of hydrogen-bond acceptors (Lipinski definition) is 1. The predicted molar refractivity (Wildman–Crippen MR) is 77.6 cm³/mol. The summed E-state index contributed by atoms with van der Waals surface area (Å²) in [5.74, 6) is 0. The van der Waals surface area contributed by atoms with Gasteiger partial charge in [-0.2, -0.15) is 13.2 Å². The van der Waals surface area contributed by atoms with Crippen molar-refractivity contribution in [3.05, 3.63) is 65.4 Å². The Morgan fingerprint density at radius 3 is 2.35 bits per heavy atom. The number of rotatable bonds is 4. The summed E-state index contributed by atoms with van der Waals surface area (Å²) in [6, 6.07) is 5.44. The lowest BCUT2D eigenvalue weighted by molar-refractivity contribution is -0.0882. The van der Waals surface area contributed by atoms with Crippen molar-refractivity contribution >= 4 is 5.69 Å². The van der Waals surface area contributed by atoms with E-state index in [1.54, 1.807) is 25.1 Å². The summed E-state index contributed by atoms with van der Waals surface area (Å²) in [5, 5.41) is 2.69. The van der Waals surface area contributed by atoms with E-state index in [2.05, 4.69) is 5.32 Å². The Kier molecular flexibility index (Phi) is 5.62. The van der Waals surface area contributed by atoms with Gasteiger partial charge in [-0.25, -0.2) is 0 Å². The molecule has 0 saturated heterocycles. The summed E-state index contributed by atoms with van der Waals surface area (Å²) >= 11 is 0. The third-order valence-electron chi connectivity index (χ3n) is 2.81. The van der Waals surface area contributed by atoms with Crippen molar-refractivity contribution in [1.29, 1.82) is 0 Å². The minimum absolute atomic E-state index is 0.634. The molecule has 0 unspecified atom stereocenters. The zero-order chi connectivity index (χ0) is 15.2. The molecule has 1 aromatic rings. The molecule has 1 N–H and O–H groups in total. The summed E-state index contributed by atoms with van der Waals surface area (Å²) in [4.78, 5) is 0. The SMILES string of the molecule is C/C=C/C=C\C(=C/Nc1ccc(C)c(C)c1)C(F)(F)F. The second-order valence-electron chi connectivity index (χ2n) is 4.43. The van der Waals surface area contributed by atoms with Gasteiger partial charge in [0.05, 0.1) is 5.57 Å². The second-order valence-corrected chi connectivity index (χ2v) is 4.43. The predicted octanol–water partition coefficient (Wildman–Crippen LogP) is 5.29. The molecule has 0 aliphatic rings. The van der Waals surface area contributed by atoms with Crippen molar-refractivity contribution in [2.24, 2.45) is 0 Å². The molecule has 0 aliphatic carbocycles. The van der Waals surface area contributed by atoms with Crippen LogP contribution in [0.15, 0.2) is 54.3 Å². The largest absolute Gasteiger partial charge is 0.417 e. The quantitative estimate of drug-likeness (QED) is 0.739. The van der Waals surface area contributed by atoms with Gasteiger partial charge in [-0.3, -0.25) is 0 Å². The zero-order valence-electron chi connectivity index (χ0n) is 11.8. The van der Waals surface area contributed by atoms with Gasteiger partial charge in [0.15, 0.2) is 0 Å². The van der Waals surface area contributed by atoms with E-state index in [9.17, 15) is 13.2 Å². The molecule has 0 atom stereocenters. The molecule has 0 radical (unpaired) electrons.